The van der Waals surface area contributed by atoms with E-state index in [-0.39, 0.29) is 11.9 Å². The fraction of sp³-hybridized carbons (Fsp3) is 0.167. The molecule has 2 aromatic rings. The second-order valence-electron chi connectivity index (χ2n) is 4.65. The molecule has 1 atom stereocenters. The Kier molecular flexibility index (Phi) is 5.13. The Hall–Kier alpha value is -2.35. The summed E-state index contributed by atoms with van der Waals surface area (Å²) in [5, 5.41) is 0. The standard InChI is InChI=1S/C18H18O2/c1-15(12-13-16-8-4-2-5-9-16)18(19)20-14-17-10-6-3-7-11-17/h2-13,15H,14H2,1H3/b13-12+. The minimum Gasteiger partial charge on any atom is -0.460 e. The van der Waals surface area contributed by atoms with Gasteiger partial charge in [-0.15, -0.1) is 0 Å². The molecule has 0 radical (unpaired) electrons. The molecule has 2 aromatic carbocycles. The Labute approximate surface area is 119 Å². The summed E-state index contributed by atoms with van der Waals surface area (Å²) in [6.45, 7) is 2.16. The lowest BCUT2D eigenvalue weighted by molar-refractivity contribution is -0.147. The van der Waals surface area contributed by atoms with E-state index in [4.69, 9.17) is 4.74 Å². The zero-order valence-electron chi connectivity index (χ0n) is 11.5. The second-order valence-corrected chi connectivity index (χ2v) is 4.65. The van der Waals surface area contributed by atoms with Crippen LogP contribution in [0, 0.1) is 5.92 Å². The number of hydrogen-bond donors (Lipinski definition) is 0. The van der Waals surface area contributed by atoms with Gasteiger partial charge < -0.3 is 4.74 Å². The third-order valence-electron chi connectivity index (χ3n) is 2.97. The van der Waals surface area contributed by atoms with Gasteiger partial charge in [0.1, 0.15) is 6.61 Å². The van der Waals surface area contributed by atoms with Gasteiger partial charge in [0.25, 0.3) is 0 Å². The average Bonchev–Trinajstić information content (AvgIpc) is 2.52. The molecule has 0 saturated carbocycles. The quantitative estimate of drug-likeness (QED) is 0.762. The van der Waals surface area contributed by atoms with E-state index >= 15 is 0 Å². The highest BCUT2D eigenvalue weighted by Gasteiger charge is 2.10. The summed E-state index contributed by atoms with van der Waals surface area (Å²) < 4.78 is 5.29. The molecule has 0 saturated heterocycles. The largest absolute Gasteiger partial charge is 0.460 e. The number of esters is 1. The van der Waals surface area contributed by atoms with Gasteiger partial charge in [-0.3, -0.25) is 4.79 Å². The van der Waals surface area contributed by atoms with Crippen molar-refractivity contribution in [2.45, 2.75) is 13.5 Å². The average molecular weight is 266 g/mol. The van der Waals surface area contributed by atoms with Crippen molar-refractivity contribution in [2.75, 3.05) is 0 Å². The molecule has 0 bridgehead atoms. The maximum absolute atomic E-state index is 11.9. The Morgan fingerprint density at radius 3 is 2.30 bits per heavy atom. The van der Waals surface area contributed by atoms with Gasteiger partial charge in [0, 0.05) is 0 Å². The number of carbonyl (C=O) groups excluding carboxylic acids is 1. The molecule has 2 heteroatoms. The monoisotopic (exact) mass is 266 g/mol. The van der Waals surface area contributed by atoms with E-state index in [0.717, 1.165) is 11.1 Å². The van der Waals surface area contributed by atoms with Gasteiger partial charge in [-0.2, -0.15) is 0 Å². The fourth-order valence-corrected chi connectivity index (χ4v) is 1.76. The molecule has 0 aliphatic rings. The SMILES string of the molecule is CC(/C=C/c1ccccc1)C(=O)OCc1ccccc1. The van der Waals surface area contributed by atoms with Crippen LogP contribution in [0.1, 0.15) is 18.1 Å². The summed E-state index contributed by atoms with van der Waals surface area (Å²) in [6.07, 6.45) is 3.80. The summed E-state index contributed by atoms with van der Waals surface area (Å²) in [7, 11) is 0. The number of ether oxygens (including phenoxy) is 1. The molecule has 0 N–H and O–H groups in total. The fourth-order valence-electron chi connectivity index (χ4n) is 1.76. The van der Waals surface area contributed by atoms with Crippen LogP contribution in [0.25, 0.3) is 6.08 Å². The van der Waals surface area contributed by atoms with Crippen molar-refractivity contribution in [3.63, 3.8) is 0 Å². The van der Waals surface area contributed by atoms with Crippen LogP contribution in [0.2, 0.25) is 0 Å². The summed E-state index contributed by atoms with van der Waals surface area (Å²) in [5.41, 5.74) is 2.08. The number of rotatable bonds is 5. The highest BCUT2D eigenvalue weighted by Crippen LogP contribution is 2.09. The molecule has 0 heterocycles. The van der Waals surface area contributed by atoms with Crippen LogP contribution in [-0.2, 0) is 16.1 Å². The predicted molar refractivity (Wildman–Crippen MR) is 80.9 cm³/mol. The van der Waals surface area contributed by atoms with Gasteiger partial charge in [-0.05, 0) is 18.1 Å². The molecule has 2 nitrogen and oxygen atoms in total. The minimum absolute atomic E-state index is 0.207. The van der Waals surface area contributed by atoms with E-state index < -0.39 is 0 Å². The van der Waals surface area contributed by atoms with E-state index in [1.807, 2.05) is 79.7 Å². The first-order chi connectivity index (χ1) is 9.75. The highest BCUT2D eigenvalue weighted by molar-refractivity contribution is 5.75. The zero-order chi connectivity index (χ0) is 14.2. The lowest BCUT2D eigenvalue weighted by atomic mass is 10.1. The van der Waals surface area contributed by atoms with Crippen molar-refractivity contribution in [1.82, 2.24) is 0 Å². The molecule has 0 amide bonds. The number of carbonyl (C=O) groups is 1. The van der Waals surface area contributed by atoms with Crippen molar-refractivity contribution >= 4 is 12.0 Å². The van der Waals surface area contributed by atoms with E-state index in [1.165, 1.54) is 0 Å². The molecule has 2 rings (SSSR count). The van der Waals surface area contributed by atoms with E-state index in [1.54, 1.807) is 0 Å². The molecule has 102 valence electrons. The first-order valence-corrected chi connectivity index (χ1v) is 6.69. The van der Waals surface area contributed by atoms with Gasteiger partial charge in [0.05, 0.1) is 5.92 Å². The van der Waals surface area contributed by atoms with Crippen LogP contribution in [0.4, 0.5) is 0 Å². The molecule has 0 spiro atoms. The Bertz CT molecular complexity index is 558. The molecule has 0 aromatic heterocycles. The Balaban J connectivity index is 1.85. The normalized spacial score (nSPS) is 12.2. The minimum atomic E-state index is -0.251. The lowest BCUT2D eigenvalue weighted by Crippen LogP contribution is -2.12. The maximum atomic E-state index is 11.9. The topological polar surface area (TPSA) is 26.3 Å². The zero-order valence-corrected chi connectivity index (χ0v) is 11.5. The summed E-state index contributed by atoms with van der Waals surface area (Å²) >= 11 is 0. The number of benzene rings is 2. The van der Waals surface area contributed by atoms with E-state index in [9.17, 15) is 4.79 Å². The van der Waals surface area contributed by atoms with Crippen molar-refractivity contribution < 1.29 is 9.53 Å². The molecular weight excluding hydrogens is 248 g/mol. The third-order valence-corrected chi connectivity index (χ3v) is 2.97. The second kappa shape index (κ2) is 7.29. The molecule has 20 heavy (non-hydrogen) atoms. The van der Waals surface area contributed by atoms with Gasteiger partial charge in [0.2, 0.25) is 0 Å². The molecular formula is C18H18O2. The van der Waals surface area contributed by atoms with Crippen LogP contribution in [-0.4, -0.2) is 5.97 Å². The lowest BCUT2D eigenvalue weighted by Gasteiger charge is -2.08. The number of hydrogen-bond acceptors (Lipinski definition) is 2. The summed E-state index contributed by atoms with van der Waals surface area (Å²) in [5.74, 6) is -0.458. The van der Waals surface area contributed by atoms with E-state index in [2.05, 4.69) is 0 Å². The van der Waals surface area contributed by atoms with Crippen LogP contribution >= 0.6 is 0 Å². The molecule has 0 aliphatic carbocycles. The van der Waals surface area contributed by atoms with Crippen LogP contribution in [0.15, 0.2) is 66.7 Å². The Morgan fingerprint density at radius 2 is 1.65 bits per heavy atom. The summed E-state index contributed by atoms with van der Waals surface area (Å²) in [4.78, 5) is 11.9. The third kappa shape index (κ3) is 4.39. The molecule has 0 fully saturated rings. The highest BCUT2D eigenvalue weighted by atomic mass is 16.5. The molecule has 1 unspecified atom stereocenters. The Morgan fingerprint density at radius 1 is 1.05 bits per heavy atom. The van der Waals surface area contributed by atoms with Crippen molar-refractivity contribution in [2.24, 2.45) is 5.92 Å². The molecule has 0 aliphatic heterocycles. The predicted octanol–water partition coefficient (Wildman–Crippen LogP) is 4.08. The van der Waals surface area contributed by atoms with Gasteiger partial charge in [0.15, 0.2) is 0 Å². The van der Waals surface area contributed by atoms with Crippen LogP contribution in [0.5, 0.6) is 0 Å². The maximum Gasteiger partial charge on any atom is 0.312 e. The van der Waals surface area contributed by atoms with Crippen molar-refractivity contribution in [1.29, 1.82) is 0 Å². The first kappa shape index (κ1) is 14.1. The van der Waals surface area contributed by atoms with Gasteiger partial charge >= 0.3 is 5.97 Å². The smallest absolute Gasteiger partial charge is 0.312 e. The van der Waals surface area contributed by atoms with Gasteiger partial charge in [-0.25, -0.2) is 0 Å². The van der Waals surface area contributed by atoms with Crippen molar-refractivity contribution in [3.8, 4) is 0 Å². The van der Waals surface area contributed by atoms with Crippen molar-refractivity contribution in [3.05, 3.63) is 77.9 Å². The van der Waals surface area contributed by atoms with Crippen LogP contribution in [0.3, 0.4) is 0 Å². The summed E-state index contributed by atoms with van der Waals surface area (Å²) in [6, 6.07) is 19.6. The van der Waals surface area contributed by atoms with Gasteiger partial charge in [-0.1, -0.05) is 72.8 Å². The van der Waals surface area contributed by atoms with Crippen LogP contribution < -0.4 is 0 Å². The first-order valence-electron chi connectivity index (χ1n) is 6.69. The van der Waals surface area contributed by atoms with E-state index in [0.29, 0.717) is 6.61 Å².